The molecule has 0 bridgehead atoms. The fourth-order valence-electron chi connectivity index (χ4n) is 3.07. The third kappa shape index (κ3) is 2.54. The summed E-state index contributed by atoms with van der Waals surface area (Å²) in [5.74, 6) is -0.945. The van der Waals surface area contributed by atoms with Crippen LogP contribution in [-0.4, -0.2) is 16.9 Å². The van der Waals surface area contributed by atoms with Gasteiger partial charge in [0.15, 0.2) is 5.78 Å². The van der Waals surface area contributed by atoms with Gasteiger partial charge in [-0.1, -0.05) is 25.5 Å². The molecule has 0 aliphatic heterocycles. The highest BCUT2D eigenvalue weighted by atomic mass is 16.4. The van der Waals surface area contributed by atoms with Gasteiger partial charge in [0.05, 0.1) is 5.56 Å². The van der Waals surface area contributed by atoms with Crippen molar-refractivity contribution in [3.8, 4) is 0 Å². The van der Waals surface area contributed by atoms with Crippen LogP contribution in [0, 0.1) is 0 Å². The molecule has 1 aliphatic carbocycles. The number of rotatable bonds is 3. The standard InChI is InChI=1S/C19H18O3/c1-2-3-12-4-5-13-6-7-14-11-15(19(21)22)8-9-16(14)18(20)17(13)10-12/h4-5,8-11H,2-3,6-7H2,1H3,(H,21,22). The Hall–Kier alpha value is -2.42. The zero-order valence-corrected chi connectivity index (χ0v) is 12.6. The van der Waals surface area contributed by atoms with E-state index in [1.807, 2.05) is 12.1 Å². The first-order valence-electron chi connectivity index (χ1n) is 7.63. The van der Waals surface area contributed by atoms with Crippen LogP contribution in [0.25, 0.3) is 0 Å². The number of carboxylic acids is 1. The van der Waals surface area contributed by atoms with E-state index in [1.54, 1.807) is 12.1 Å². The quantitative estimate of drug-likeness (QED) is 0.939. The van der Waals surface area contributed by atoms with Crippen molar-refractivity contribution < 1.29 is 14.7 Å². The Morgan fingerprint density at radius 2 is 1.82 bits per heavy atom. The Kier molecular flexibility index (Phi) is 3.80. The molecular formula is C19H18O3. The molecule has 0 heterocycles. The molecule has 0 radical (unpaired) electrons. The largest absolute Gasteiger partial charge is 0.478 e. The third-order valence-corrected chi connectivity index (χ3v) is 4.22. The maximum atomic E-state index is 12.8. The minimum absolute atomic E-state index is 0.0115. The van der Waals surface area contributed by atoms with Crippen LogP contribution in [0.5, 0.6) is 0 Å². The smallest absolute Gasteiger partial charge is 0.335 e. The highest BCUT2D eigenvalue weighted by Crippen LogP contribution is 2.26. The first-order valence-corrected chi connectivity index (χ1v) is 7.63. The number of ketones is 1. The van der Waals surface area contributed by atoms with E-state index in [2.05, 4.69) is 13.0 Å². The lowest BCUT2D eigenvalue weighted by Crippen LogP contribution is -2.06. The fourth-order valence-corrected chi connectivity index (χ4v) is 3.07. The summed E-state index contributed by atoms with van der Waals surface area (Å²) in [6, 6.07) is 10.9. The van der Waals surface area contributed by atoms with Crippen molar-refractivity contribution in [3.05, 3.63) is 69.8 Å². The molecule has 112 valence electrons. The predicted octanol–water partition coefficient (Wildman–Crippen LogP) is 3.67. The molecule has 1 N–H and O–H groups in total. The van der Waals surface area contributed by atoms with Crippen molar-refractivity contribution in [1.29, 1.82) is 0 Å². The number of carbonyl (C=O) groups excluding carboxylic acids is 1. The highest BCUT2D eigenvalue weighted by Gasteiger charge is 2.22. The van der Waals surface area contributed by atoms with Crippen LogP contribution in [0.15, 0.2) is 36.4 Å². The Bertz CT molecular complexity index is 759. The van der Waals surface area contributed by atoms with Crippen molar-refractivity contribution in [2.24, 2.45) is 0 Å². The first-order chi connectivity index (χ1) is 10.6. The SMILES string of the molecule is CCCc1ccc2c(c1)C(=O)c1ccc(C(=O)O)cc1CC2. The van der Waals surface area contributed by atoms with E-state index in [0.29, 0.717) is 12.0 Å². The van der Waals surface area contributed by atoms with Crippen LogP contribution in [0.4, 0.5) is 0 Å². The summed E-state index contributed by atoms with van der Waals surface area (Å²) in [4.78, 5) is 23.9. The van der Waals surface area contributed by atoms with E-state index < -0.39 is 5.97 Å². The Morgan fingerprint density at radius 1 is 1.05 bits per heavy atom. The van der Waals surface area contributed by atoms with Crippen molar-refractivity contribution in [1.82, 2.24) is 0 Å². The Balaban J connectivity index is 2.07. The van der Waals surface area contributed by atoms with E-state index >= 15 is 0 Å². The van der Waals surface area contributed by atoms with Gasteiger partial charge in [0.25, 0.3) is 0 Å². The number of benzene rings is 2. The van der Waals surface area contributed by atoms with Gasteiger partial charge in [-0.3, -0.25) is 4.79 Å². The molecule has 0 aromatic heterocycles. The van der Waals surface area contributed by atoms with Gasteiger partial charge in [-0.2, -0.15) is 0 Å². The lowest BCUT2D eigenvalue weighted by atomic mass is 9.95. The van der Waals surface area contributed by atoms with Gasteiger partial charge in [0.1, 0.15) is 0 Å². The molecule has 2 aromatic carbocycles. The molecule has 22 heavy (non-hydrogen) atoms. The van der Waals surface area contributed by atoms with E-state index in [-0.39, 0.29) is 11.3 Å². The molecule has 3 rings (SSSR count). The molecule has 0 saturated carbocycles. The number of aryl methyl sites for hydroxylation is 3. The summed E-state index contributed by atoms with van der Waals surface area (Å²) in [6.45, 7) is 2.12. The average molecular weight is 294 g/mol. The van der Waals surface area contributed by atoms with Crippen molar-refractivity contribution >= 4 is 11.8 Å². The number of hydrogen-bond donors (Lipinski definition) is 1. The molecule has 3 nitrogen and oxygen atoms in total. The van der Waals surface area contributed by atoms with E-state index in [4.69, 9.17) is 5.11 Å². The predicted molar refractivity (Wildman–Crippen MR) is 84.7 cm³/mol. The van der Waals surface area contributed by atoms with Crippen LogP contribution >= 0.6 is 0 Å². The Morgan fingerprint density at radius 3 is 2.55 bits per heavy atom. The zero-order valence-electron chi connectivity index (χ0n) is 12.6. The normalized spacial score (nSPS) is 13.2. The van der Waals surface area contributed by atoms with E-state index in [9.17, 15) is 9.59 Å². The van der Waals surface area contributed by atoms with Crippen molar-refractivity contribution in [3.63, 3.8) is 0 Å². The second-order valence-corrected chi connectivity index (χ2v) is 5.75. The van der Waals surface area contributed by atoms with Crippen LogP contribution in [0.1, 0.15) is 56.3 Å². The number of hydrogen-bond acceptors (Lipinski definition) is 2. The average Bonchev–Trinajstić information content (AvgIpc) is 2.65. The lowest BCUT2D eigenvalue weighted by Gasteiger charge is -2.08. The molecular weight excluding hydrogens is 276 g/mol. The topological polar surface area (TPSA) is 54.4 Å². The minimum Gasteiger partial charge on any atom is -0.478 e. The molecule has 3 heteroatoms. The maximum Gasteiger partial charge on any atom is 0.335 e. The van der Waals surface area contributed by atoms with Gasteiger partial charge in [-0.25, -0.2) is 4.79 Å². The second-order valence-electron chi connectivity index (χ2n) is 5.75. The molecule has 0 spiro atoms. The summed E-state index contributed by atoms with van der Waals surface area (Å²) in [5.41, 5.74) is 4.71. The molecule has 1 aliphatic rings. The second kappa shape index (κ2) is 5.76. The van der Waals surface area contributed by atoms with E-state index in [0.717, 1.165) is 36.0 Å². The van der Waals surface area contributed by atoms with Crippen LogP contribution < -0.4 is 0 Å². The molecule has 0 fully saturated rings. The molecule has 2 aromatic rings. The maximum absolute atomic E-state index is 12.8. The van der Waals surface area contributed by atoms with Gasteiger partial charge < -0.3 is 5.11 Å². The molecule has 0 unspecified atom stereocenters. The molecule has 0 saturated heterocycles. The van der Waals surface area contributed by atoms with Crippen LogP contribution in [0.3, 0.4) is 0 Å². The highest BCUT2D eigenvalue weighted by molar-refractivity contribution is 6.11. The molecule has 0 atom stereocenters. The molecule has 0 amide bonds. The van der Waals surface area contributed by atoms with Gasteiger partial charge in [-0.05, 0) is 60.2 Å². The number of carboxylic acid groups (broad SMARTS) is 1. The minimum atomic E-state index is -0.956. The van der Waals surface area contributed by atoms with Crippen LogP contribution in [-0.2, 0) is 19.3 Å². The Labute approximate surface area is 129 Å². The summed E-state index contributed by atoms with van der Waals surface area (Å²) < 4.78 is 0. The van der Waals surface area contributed by atoms with Gasteiger partial charge >= 0.3 is 5.97 Å². The van der Waals surface area contributed by atoms with Crippen molar-refractivity contribution in [2.75, 3.05) is 0 Å². The summed E-state index contributed by atoms with van der Waals surface area (Å²) in [5, 5.41) is 9.11. The van der Waals surface area contributed by atoms with Crippen LogP contribution in [0.2, 0.25) is 0 Å². The summed E-state index contributed by atoms with van der Waals surface area (Å²) in [6.07, 6.45) is 3.47. The third-order valence-electron chi connectivity index (χ3n) is 4.22. The number of fused-ring (bicyclic) bond motifs is 2. The van der Waals surface area contributed by atoms with Gasteiger partial charge in [-0.15, -0.1) is 0 Å². The van der Waals surface area contributed by atoms with Crippen molar-refractivity contribution in [2.45, 2.75) is 32.6 Å². The summed E-state index contributed by atoms with van der Waals surface area (Å²) in [7, 11) is 0. The lowest BCUT2D eigenvalue weighted by molar-refractivity contribution is 0.0696. The first kappa shape index (κ1) is 14.5. The van der Waals surface area contributed by atoms with Gasteiger partial charge in [0.2, 0.25) is 0 Å². The van der Waals surface area contributed by atoms with Gasteiger partial charge in [0, 0.05) is 11.1 Å². The monoisotopic (exact) mass is 294 g/mol. The van der Waals surface area contributed by atoms with E-state index in [1.165, 1.54) is 11.6 Å². The fraction of sp³-hybridized carbons (Fsp3) is 0.263. The summed E-state index contributed by atoms with van der Waals surface area (Å²) >= 11 is 0. The number of carbonyl (C=O) groups is 2. The zero-order chi connectivity index (χ0) is 15.7. The number of aromatic carboxylic acids is 1.